The standard InChI is InChI=1S/C22H22NO2P/c24-26(25)22(16-19-10-4-1-5-11-19)23(17-20-12-6-2-7-13-20)18-21-14-8-3-9-15-21/h1-15,22H,16-18H2/t22-/m1/s1. The summed E-state index contributed by atoms with van der Waals surface area (Å²) in [5.74, 6) is -0.548. The van der Waals surface area contributed by atoms with E-state index in [1.54, 1.807) is 0 Å². The molecule has 0 aliphatic carbocycles. The van der Waals surface area contributed by atoms with E-state index >= 15 is 0 Å². The average Bonchev–Trinajstić information content (AvgIpc) is 2.68. The molecule has 0 amide bonds. The van der Waals surface area contributed by atoms with Crippen LogP contribution in [0.5, 0.6) is 0 Å². The predicted molar refractivity (Wildman–Crippen MR) is 104 cm³/mol. The van der Waals surface area contributed by atoms with Crippen LogP contribution in [0.4, 0.5) is 0 Å². The Morgan fingerprint density at radius 2 is 1.08 bits per heavy atom. The Hall–Kier alpha value is -2.32. The van der Waals surface area contributed by atoms with Gasteiger partial charge in [-0.05, 0) is 16.7 Å². The Morgan fingerprint density at radius 1 is 0.692 bits per heavy atom. The molecule has 0 spiro atoms. The van der Waals surface area contributed by atoms with Gasteiger partial charge in [-0.1, -0.05) is 95.6 Å². The molecule has 132 valence electrons. The summed E-state index contributed by atoms with van der Waals surface area (Å²) < 4.78 is 12.1. The van der Waals surface area contributed by atoms with Crippen molar-refractivity contribution in [3.05, 3.63) is 108 Å². The minimum absolute atomic E-state index is 0.485. The molecule has 3 rings (SSSR count). The molecule has 4 heteroatoms. The lowest BCUT2D eigenvalue weighted by Gasteiger charge is -2.26. The van der Waals surface area contributed by atoms with Gasteiger partial charge >= 0.3 is 8.03 Å². The molecule has 1 unspecified atom stereocenters. The lowest BCUT2D eigenvalue weighted by Crippen LogP contribution is -2.35. The van der Waals surface area contributed by atoms with Gasteiger partial charge in [0.05, 0.1) is 0 Å². The van der Waals surface area contributed by atoms with Crippen LogP contribution in [0, 0.1) is 0 Å². The summed E-state index contributed by atoms with van der Waals surface area (Å²) in [6.07, 6.45) is 0.485. The lowest BCUT2D eigenvalue weighted by molar-refractivity contribution is -0.170. The summed E-state index contributed by atoms with van der Waals surface area (Å²) in [5.41, 5.74) is 3.25. The summed E-state index contributed by atoms with van der Waals surface area (Å²) >= 11 is 0. The van der Waals surface area contributed by atoms with Gasteiger partial charge in [0.15, 0.2) is 0 Å². The molecule has 3 aromatic carbocycles. The van der Waals surface area contributed by atoms with Crippen LogP contribution in [0.2, 0.25) is 0 Å². The van der Waals surface area contributed by atoms with E-state index in [4.69, 9.17) is 0 Å². The smallest absolute Gasteiger partial charge is 0.328 e. The fourth-order valence-electron chi connectivity index (χ4n) is 3.06. The molecule has 0 heterocycles. The second-order valence-electron chi connectivity index (χ2n) is 6.33. The zero-order valence-corrected chi connectivity index (χ0v) is 15.5. The van der Waals surface area contributed by atoms with Crippen LogP contribution >= 0.6 is 8.03 Å². The highest BCUT2D eigenvalue weighted by atomic mass is 31.1. The monoisotopic (exact) mass is 363 g/mol. The van der Waals surface area contributed by atoms with Crippen molar-refractivity contribution in [1.82, 2.24) is 4.90 Å². The fourth-order valence-corrected chi connectivity index (χ4v) is 3.85. The van der Waals surface area contributed by atoms with E-state index in [2.05, 4.69) is 0 Å². The summed E-state index contributed by atoms with van der Waals surface area (Å²) in [6.45, 7) is 1.19. The Balaban J connectivity index is 1.86. The Kier molecular flexibility index (Phi) is 6.68. The van der Waals surface area contributed by atoms with E-state index in [9.17, 15) is 9.46 Å². The maximum absolute atomic E-state index is 12.1. The fraction of sp³-hybridized carbons (Fsp3) is 0.182. The molecule has 3 nitrogen and oxygen atoms in total. The van der Waals surface area contributed by atoms with Crippen molar-refractivity contribution in [3.8, 4) is 0 Å². The molecular formula is C22H22NO2P. The first-order chi connectivity index (χ1) is 12.7. The van der Waals surface area contributed by atoms with E-state index in [-0.39, 0.29) is 0 Å². The van der Waals surface area contributed by atoms with Gasteiger partial charge < -0.3 is 4.89 Å². The second-order valence-corrected chi connectivity index (χ2v) is 7.50. The Bertz CT molecular complexity index is 768. The zero-order chi connectivity index (χ0) is 18.2. The predicted octanol–water partition coefficient (Wildman–Crippen LogP) is 4.36. The van der Waals surface area contributed by atoms with Gasteiger partial charge in [0.25, 0.3) is 0 Å². The van der Waals surface area contributed by atoms with E-state index in [0.717, 1.165) is 16.7 Å². The van der Waals surface area contributed by atoms with Gasteiger partial charge in [-0.3, -0.25) is 4.90 Å². The van der Waals surface area contributed by atoms with Crippen LogP contribution in [0.3, 0.4) is 0 Å². The van der Waals surface area contributed by atoms with E-state index in [1.165, 1.54) is 0 Å². The molecule has 2 atom stereocenters. The van der Waals surface area contributed by atoms with Crippen LogP contribution in [0.1, 0.15) is 16.7 Å². The van der Waals surface area contributed by atoms with Crippen molar-refractivity contribution in [3.63, 3.8) is 0 Å². The number of hydrogen-bond donors (Lipinski definition) is 0. The van der Waals surface area contributed by atoms with Crippen molar-refractivity contribution in [2.75, 3.05) is 0 Å². The normalized spacial score (nSPS) is 12.8. The molecule has 0 saturated heterocycles. The van der Waals surface area contributed by atoms with E-state index in [1.807, 2.05) is 95.9 Å². The first kappa shape index (κ1) is 18.5. The number of hydrogen-bond acceptors (Lipinski definition) is 3. The highest BCUT2D eigenvalue weighted by Gasteiger charge is 2.30. The molecule has 0 N–H and O–H groups in total. The molecule has 0 saturated carbocycles. The minimum atomic E-state index is -2.59. The van der Waals surface area contributed by atoms with Crippen LogP contribution in [-0.2, 0) is 24.1 Å². The molecule has 0 fully saturated rings. The van der Waals surface area contributed by atoms with Gasteiger partial charge in [-0.25, -0.2) is 0 Å². The summed E-state index contributed by atoms with van der Waals surface area (Å²) in [6, 6.07) is 29.8. The second kappa shape index (κ2) is 9.40. The van der Waals surface area contributed by atoms with Gasteiger partial charge in [0, 0.05) is 19.5 Å². The van der Waals surface area contributed by atoms with Gasteiger partial charge in [-0.15, -0.1) is 0 Å². The molecule has 0 aliphatic rings. The topological polar surface area (TPSA) is 43.4 Å². The number of nitrogens with zero attached hydrogens (tertiary/aromatic N) is 1. The molecule has 0 radical (unpaired) electrons. The Labute approximate surface area is 155 Å². The molecule has 0 aliphatic heterocycles. The van der Waals surface area contributed by atoms with Crippen LogP contribution in [-0.4, -0.2) is 10.7 Å². The Morgan fingerprint density at radius 3 is 1.46 bits per heavy atom. The van der Waals surface area contributed by atoms with Gasteiger partial charge in [0.2, 0.25) is 5.78 Å². The van der Waals surface area contributed by atoms with Crippen LogP contribution in [0.15, 0.2) is 91.0 Å². The SMILES string of the molecule is O=[P+]([O-])[C@H](Cc1ccccc1)N(Cc1ccccc1)Cc1ccccc1. The highest BCUT2D eigenvalue weighted by molar-refractivity contribution is 7.37. The zero-order valence-electron chi connectivity index (χ0n) is 14.6. The third-order valence-electron chi connectivity index (χ3n) is 4.38. The first-order valence-electron chi connectivity index (χ1n) is 8.71. The number of benzene rings is 3. The number of rotatable bonds is 8. The molecular weight excluding hydrogens is 341 g/mol. The largest absolute Gasteiger partial charge is 0.594 e. The van der Waals surface area contributed by atoms with Crippen LogP contribution in [0.25, 0.3) is 0 Å². The van der Waals surface area contributed by atoms with E-state index in [0.29, 0.717) is 19.5 Å². The molecule has 0 bridgehead atoms. The summed E-state index contributed by atoms with van der Waals surface area (Å²) in [4.78, 5) is 14.2. The van der Waals surface area contributed by atoms with Crippen molar-refractivity contribution in [2.24, 2.45) is 0 Å². The maximum atomic E-state index is 12.1. The van der Waals surface area contributed by atoms with Crippen LogP contribution < -0.4 is 4.89 Å². The molecule has 26 heavy (non-hydrogen) atoms. The van der Waals surface area contributed by atoms with Gasteiger partial charge in [-0.2, -0.15) is 0 Å². The van der Waals surface area contributed by atoms with Crippen molar-refractivity contribution < 1.29 is 9.46 Å². The third-order valence-corrected chi connectivity index (χ3v) is 5.38. The lowest BCUT2D eigenvalue weighted by atomic mass is 10.1. The maximum Gasteiger partial charge on any atom is 0.328 e. The molecule has 3 aromatic rings. The quantitative estimate of drug-likeness (QED) is 0.559. The third kappa shape index (κ3) is 5.34. The van der Waals surface area contributed by atoms with Gasteiger partial charge in [0.1, 0.15) is 0 Å². The first-order valence-corrected chi connectivity index (χ1v) is 9.96. The van der Waals surface area contributed by atoms with Crippen molar-refractivity contribution >= 4 is 8.03 Å². The minimum Gasteiger partial charge on any atom is -0.594 e. The molecule has 0 aromatic heterocycles. The van der Waals surface area contributed by atoms with E-state index < -0.39 is 13.8 Å². The summed E-state index contributed by atoms with van der Waals surface area (Å²) in [7, 11) is -2.59. The summed E-state index contributed by atoms with van der Waals surface area (Å²) in [5, 5.41) is 0. The highest BCUT2D eigenvalue weighted by Crippen LogP contribution is 2.29. The average molecular weight is 363 g/mol. The van der Waals surface area contributed by atoms with Crippen molar-refractivity contribution in [2.45, 2.75) is 25.3 Å². The van der Waals surface area contributed by atoms with Crippen molar-refractivity contribution in [1.29, 1.82) is 0 Å².